The topological polar surface area (TPSA) is 67.5 Å². The van der Waals surface area contributed by atoms with Crippen molar-refractivity contribution in [1.82, 2.24) is 14.8 Å². The summed E-state index contributed by atoms with van der Waals surface area (Å²) in [5.74, 6) is 0.776. The van der Waals surface area contributed by atoms with Crippen molar-refractivity contribution in [1.29, 1.82) is 0 Å². The Morgan fingerprint density at radius 1 is 1.21 bits per heavy atom. The molecule has 1 aliphatic heterocycles. The molecule has 1 fully saturated rings. The number of benzene rings is 1. The molecule has 3 aromatic rings. The molecule has 4 atom stereocenters. The van der Waals surface area contributed by atoms with E-state index in [1.165, 1.54) is 6.42 Å². The monoisotopic (exact) mass is 447 g/mol. The van der Waals surface area contributed by atoms with Gasteiger partial charge in [0.05, 0.1) is 18.3 Å². The molecule has 0 bridgehead atoms. The summed E-state index contributed by atoms with van der Waals surface area (Å²) < 4.78 is 7.52. The van der Waals surface area contributed by atoms with E-state index < -0.39 is 5.54 Å². The van der Waals surface area contributed by atoms with Gasteiger partial charge in [-0.2, -0.15) is 0 Å². The van der Waals surface area contributed by atoms with Crippen LogP contribution in [0.2, 0.25) is 0 Å². The van der Waals surface area contributed by atoms with Gasteiger partial charge in [-0.05, 0) is 43.2 Å². The number of fused-ring (bicyclic) bond motifs is 3. The first kappa shape index (κ1) is 21.8. The van der Waals surface area contributed by atoms with Gasteiger partial charge >= 0.3 is 0 Å². The van der Waals surface area contributed by atoms with E-state index in [2.05, 4.69) is 19.2 Å². The van der Waals surface area contributed by atoms with Crippen LogP contribution in [0, 0.1) is 18.8 Å². The molecule has 6 heteroatoms. The van der Waals surface area contributed by atoms with Crippen molar-refractivity contribution in [3.05, 3.63) is 59.5 Å². The molecule has 174 valence electrons. The van der Waals surface area contributed by atoms with Crippen molar-refractivity contribution < 1.29 is 14.0 Å². The molecular weight excluding hydrogens is 414 g/mol. The summed E-state index contributed by atoms with van der Waals surface area (Å²) in [7, 11) is 0. The van der Waals surface area contributed by atoms with Gasteiger partial charge in [0, 0.05) is 24.7 Å². The normalized spacial score (nSPS) is 27.6. The lowest BCUT2D eigenvalue weighted by molar-refractivity contribution is -0.134. The maximum Gasteiger partial charge on any atom is 0.271 e. The summed E-state index contributed by atoms with van der Waals surface area (Å²) in [5, 5.41) is 3.36. The number of nitrogens with one attached hydrogen (secondary N) is 1. The van der Waals surface area contributed by atoms with E-state index in [0.717, 1.165) is 29.5 Å². The first-order valence-electron chi connectivity index (χ1n) is 12.0. The Hall–Kier alpha value is -3.02. The number of carbonyl (C=O) groups excluding carboxylic acids is 2. The third-order valence-electron chi connectivity index (χ3n) is 8.15. The first-order chi connectivity index (χ1) is 15.8. The van der Waals surface area contributed by atoms with E-state index in [1.54, 1.807) is 17.2 Å². The van der Waals surface area contributed by atoms with E-state index in [4.69, 9.17) is 4.42 Å². The zero-order valence-corrected chi connectivity index (χ0v) is 19.9. The van der Waals surface area contributed by atoms with Crippen LogP contribution in [0.15, 0.2) is 47.1 Å². The highest BCUT2D eigenvalue weighted by atomic mass is 16.3. The highest BCUT2D eigenvalue weighted by Gasteiger charge is 2.49. The zero-order chi connectivity index (χ0) is 23.3. The van der Waals surface area contributed by atoms with Gasteiger partial charge in [0.1, 0.15) is 11.2 Å². The Kier molecular flexibility index (Phi) is 5.34. The van der Waals surface area contributed by atoms with Crippen LogP contribution in [0.4, 0.5) is 0 Å². The Morgan fingerprint density at radius 3 is 2.79 bits per heavy atom. The standard InChI is InChI=1S/C27H33N3O3/c1-17-9-7-11-21(19(17)3)28-26(32)27(4)16-29-22-12-13-33-24(22)14-23(29)25(31)30(27)15-20-10-6-5-8-18(20)2/h5-6,8,10,12-14,17,19,21H,7,9,11,15-16H2,1-4H3,(H,28,32)/t17-,19+,21+,27+/m0/s1. The van der Waals surface area contributed by atoms with Crippen molar-refractivity contribution in [3.63, 3.8) is 0 Å². The lowest BCUT2D eigenvalue weighted by Crippen LogP contribution is -2.65. The number of aromatic nitrogens is 1. The number of nitrogens with zero attached hydrogens (tertiary/aromatic N) is 2. The molecule has 0 unspecified atom stereocenters. The lowest BCUT2D eigenvalue weighted by Gasteiger charge is -2.45. The van der Waals surface area contributed by atoms with Gasteiger partial charge in [-0.1, -0.05) is 51.0 Å². The first-order valence-corrected chi connectivity index (χ1v) is 12.0. The van der Waals surface area contributed by atoms with E-state index in [-0.39, 0.29) is 17.9 Å². The second kappa shape index (κ2) is 8.08. The zero-order valence-electron chi connectivity index (χ0n) is 19.9. The molecule has 0 spiro atoms. The number of carbonyl (C=O) groups is 2. The predicted octanol–water partition coefficient (Wildman–Crippen LogP) is 4.90. The van der Waals surface area contributed by atoms with Crippen LogP contribution in [0.5, 0.6) is 0 Å². The molecule has 2 aromatic heterocycles. The summed E-state index contributed by atoms with van der Waals surface area (Å²) in [5.41, 5.74) is 3.24. The largest absolute Gasteiger partial charge is 0.463 e. The maximum atomic E-state index is 13.9. The van der Waals surface area contributed by atoms with Crippen LogP contribution in [-0.2, 0) is 17.9 Å². The minimum absolute atomic E-state index is 0.0774. The summed E-state index contributed by atoms with van der Waals surface area (Å²) in [6.45, 7) is 9.23. The van der Waals surface area contributed by atoms with Gasteiger partial charge in [0.2, 0.25) is 5.91 Å². The number of hydrogen-bond acceptors (Lipinski definition) is 3. The molecule has 6 nitrogen and oxygen atoms in total. The molecule has 5 rings (SSSR count). The Balaban J connectivity index is 1.54. The molecule has 0 radical (unpaired) electrons. The number of furan rings is 1. The van der Waals surface area contributed by atoms with E-state index in [1.807, 2.05) is 48.7 Å². The lowest BCUT2D eigenvalue weighted by atomic mass is 9.77. The molecule has 1 aromatic carbocycles. The molecular formula is C27H33N3O3. The molecule has 1 saturated carbocycles. The summed E-state index contributed by atoms with van der Waals surface area (Å²) >= 11 is 0. The predicted molar refractivity (Wildman–Crippen MR) is 128 cm³/mol. The second-order valence-electron chi connectivity index (χ2n) is 10.2. The van der Waals surface area contributed by atoms with Crippen LogP contribution in [-0.4, -0.2) is 32.9 Å². The Bertz CT molecular complexity index is 1210. The number of aryl methyl sites for hydroxylation is 1. The number of amides is 2. The van der Waals surface area contributed by atoms with Crippen molar-refractivity contribution >= 4 is 22.9 Å². The minimum Gasteiger partial charge on any atom is -0.463 e. The van der Waals surface area contributed by atoms with Crippen molar-refractivity contribution in [2.24, 2.45) is 11.8 Å². The van der Waals surface area contributed by atoms with Crippen LogP contribution >= 0.6 is 0 Å². The highest BCUT2D eigenvalue weighted by Crippen LogP contribution is 2.35. The highest BCUT2D eigenvalue weighted by molar-refractivity contribution is 6.02. The van der Waals surface area contributed by atoms with Crippen molar-refractivity contribution in [2.75, 3.05) is 0 Å². The van der Waals surface area contributed by atoms with Crippen molar-refractivity contribution in [2.45, 2.75) is 71.6 Å². The summed E-state index contributed by atoms with van der Waals surface area (Å²) in [6.07, 6.45) is 4.94. The van der Waals surface area contributed by atoms with Crippen LogP contribution in [0.1, 0.15) is 61.6 Å². The quantitative estimate of drug-likeness (QED) is 0.619. The third-order valence-corrected chi connectivity index (χ3v) is 8.15. The average molecular weight is 448 g/mol. The fourth-order valence-corrected chi connectivity index (χ4v) is 5.59. The Morgan fingerprint density at radius 2 is 2.00 bits per heavy atom. The maximum absolute atomic E-state index is 13.9. The van der Waals surface area contributed by atoms with Gasteiger partial charge in [0.25, 0.3) is 5.91 Å². The molecule has 3 heterocycles. The third kappa shape index (κ3) is 3.56. The number of hydrogen-bond donors (Lipinski definition) is 1. The van der Waals surface area contributed by atoms with E-state index in [0.29, 0.717) is 36.2 Å². The minimum atomic E-state index is -1.02. The summed E-state index contributed by atoms with van der Waals surface area (Å²) in [4.78, 5) is 29.5. The van der Waals surface area contributed by atoms with Gasteiger partial charge < -0.3 is 19.2 Å². The number of rotatable bonds is 4. The van der Waals surface area contributed by atoms with Gasteiger partial charge in [-0.25, -0.2) is 0 Å². The van der Waals surface area contributed by atoms with Gasteiger partial charge in [-0.15, -0.1) is 0 Å². The fraction of sp³-hybridized carbons (Fsp3) is 0.481. The van der Waals surface area contributed by atoms with Crippen molar-refractivity contribution in [3.8, 4) is 0 Å². The van der Waals surface area contributed by atoms with Crippen LogP contribution < -0.4 is 5.32 Å². The molecule has 0 saturated heterocycles. The fourth-order valence-electron chi connectivity index (χ4n) is 5.59. The van der Waals surface area contributed by atoms with Crippen LogP contribution in [0.25, 0.3) is 11.1 Å². The molecule has 1 aliphatic carbocycles. The van der Waals surface area contributed by atoms with E-state index >= 15 is 0 Å². The molecule has 33 heavy (non-hydrogen) atoms. The van der Waals surface area contributed by atoms with Gasteiger partial charge in [0.15, 0.2) is 5.58 Å². The molecule has 2 amide bonds. The van der Waals surface area contributed by atoms with E-state index in [9.17, 15) is 9.59 Å². The summed E-state index contributed by atoms with van der Waals surface area (Å²) in [6, 6.07) is 11.8. The Labute approximate surface area is 194 Å². The smallest absolute Gasteiger partial charge is 0.271 e. The molecule has 2 aliphatic rings. The SMILES string of the molecule is Cc1ccccc1CN1C(=O)c2cc3occc3n2C[C@]1(C)C(=O)N[C@@H]1CCC[C@H](C)[C@H]1C. The molecule has 1 N–H and O–H groups in total. The van der Waals surface area contributed by atoms with Crippen LogP contribution in [0.3, 0.4) is 0 Å². The van der Waals surface area contributed by atoms with Gasteiger partial charge in [-0.3, -0.25) is 9.59 Å². The average Bonchev–Trinajstić information content (AvgIpc) is 3.38. The second-order valence-corrected chi connectivity index (χ2v) is 10.2.